The van der Waals surface area contributed by atoms with Gasteiger partial charge in [-0.05, 0) is 104 Å². The summed E-state index contributed by atoms with van der Waals surface area (Å²) in [7, 11) is 1.36. The first kappa shape index (κ1) is 31.5. The molecule has 0 fully saturated rings. The average Bonchev–Trinajstić information content (AvgIpc) is 2.94. The van der Waals surface area contributed by atoms with Crippen molar-refractivity contribution in [3.05, 3.63) is 99.6 Å². The molecule has 3 nitrogen and oxygen atoms in total. The number of halogens is 2. The van der Waals surface area contributed by atoms with E-state index in [9.17, 15) is 9.59 Å². The summed E-state index contributed by atoms with van der Waals surface area (Å²) in [4.78, 5) is 26.4. The highest BCUT2D eigenvalue weighted by molar-refractivity contribution is 7.99. The number of ether oxygens (including phenoxy) is 1. The standard InChI is InChI=1S/C34H40F2O3S/c1-6-7-10-23(3)32-30(35)20-27(21-31(32)36)29(33(37)26-13-12-22(2)24(4)19-26)11-8-9-18-40-28-16-14-25(15-17-28)34(38)39-5/h12-17,19-21,23,29H,6-11,18H2,1-5H3. The van der Waals surface area contributed by atoms with Crippen LogP contribution in [0.1, 0.15) is 107 Å². The molecule has 2 unspecified atom stereocenters. The minimum atomic E-state index is -0.629. The molecule has 0 bridgehead atoms. The van der Waals surface area contributed by atoms with E-state index in [1.165, 1.54) is 19.2 Å². The number of hydrogen-bond donors (Lipinski definition) is 0. The number of carbonyl (C=O) groups is 2. The van der Waals surface area contributed by atoms with Gasteiger partial charge in [0.1, 0.15) is 11.6 Å². The summed E-state index contributed by atoms with van der Waals surface area (Å²) in [5.74, 6) is -1.65. The molecule has 0 spiro atoms. The highest BCUT2D eigenvalue weighted by Gasteiger charge is 2.26. The molecule has 2 atom stereocenters. The van der Waals surface area contributed by atoms with Gasteiger partial charge in [-0.15, -0.1) is 11.8 Å². The number of methoxy groups -OCH3 is 1. The summed E-state index contributed by atoms with van der Waals surface area (Å²) < 4.78 is 35.3. The first-order chi connectivity index (χ1) is 19.2. The van der Waals surface area contributed by atoms with Crippen LogP contribution in [0.3, 0.4) is 0 Å². The summed E-state index contributed by atoms with van der Waals surface area (Å²) in [6, 6.07) is 15.6. The second kappa shape index (κ2) is 15.1. The van der Waals surface area contributed by atoms with Crippen LogP contribution in [0.5, 0.6) is 0 Å². The van der Waals surface area contributed by atoms with Crippen LogP contribution in [0.25, 0.3) is 0 Å². The summed E-state index contributed by atoms with van der Waals surface area (Å²) >= 11 is 1.66. The normalized spacial score (nSPS) is 12.7. The lowest BCUT2D eigenvalue weighted by molar-refractivity contribution is 0.0600. The minimum absolute atomic E-state index is 0.111. The van der Waals surface area contributed by atoms with Crippen LogP contribution >= 0.6 is 11.8 Å². The molecular weight excluding hydrogens is 526 g/mol. The van der Waals surface area contributed by atoms with Gasteiger partial charge >= 0.3 is 5.97 Å². The van der Waals surface area contributed by atoms with Crippen molar-refractivity contribution in [1.29, 1.82) is 0 Å². The van der Waals surface area contributed by atoms with Crippen molar-refractivity contribution >= 4 is 23.5 Å². The van der Waals surface area contributed by atoms with Gasteiger partial charge in [0.15, 0.2) is 5.78 Å². The van der Waals surface area contributed by atoms with Gasteiger partial charge in [0, 0.05) is 21.9 Å². The Morgan fingerprint density at radius 3 is 2.10 bits per heavy atom. The van der Waals surface area contributed by atoms with Gasteiger partial charge in [0.05, 0.1) is 12.7 Å². The van der Waals surface area contributed by atoms with E-state index in [0.717, 1.165) is 53.9 Å². The number of unbranched alkanes of at least 4 members (excludes halogenated alkanes) is 2. The van der Waals surface area contributed by atoms with Crippen LogP contribution in [0.4, 0.5) is 8.78 Å². The monoisotopic (exact) mass is 566 g/mol. The SMILES string of the molecule is CCCCC(C)c1c(F)cc(C(CCCCSc2ccc(C(=O)OC)cc2)C(=O)c2ccc(C)c(C)c2)cc1F. The van der Waals surface area contributed by atoms with Crippen LogP contribution < -0.4 is 0 Å². The summed E-state index contributed by atoms with van der Waals surface area (Å²) in [5.41, 5.74) is 3.68. The van der Waals surface area contributed by atoms with Crippen molar-refractivity contribution in [2.75, 3.05) is 12.9 Å². The number of thioether (sulfide) groups is 1. The molecule has 0 aliphatic heterocycles. The number of benzene rings is 3. The molecule has 40 heavy (non-hydrogen) atoms. The summed E-state index contributed by atoms with van der Waals surface area (Å²) in [5, 5.41) is 0. The van der Waals surface area contributed by atoms with Gasteiger partial charge in [0.25, 0.3) is 0 Å². The predicted octanol–water partition coefficient (Wildman–Crippen LogP) is 9.59. The molecule has 6 heteroatoms. The molecule has 214 valence electrons. The second-order valence-corrected chi connectivity index (χ2v) is 11.7. The lowest BCUT2D eigenvalue weighted by Crippen LogP contribution is -2.15. The third-order valence-electron chi connectivity index (χ3n) is 7.53. The van der Waals surface area contributed by atoms with Crippen molar-refractivity contribution in [3.63, 3.8) is 0 Å². The first-order valence-corrected chi connectivity index (χ1v) is 15.1. The van der Waals surface area contributed by atoms with Gasteiger partial charge in [-0.2, -0.15) is 0 Å². The summed E-state index contributed by atoms with van der Waals surface area (Å²) in [6.07, 6.45) is 4.65. The molecule has 0 heterocycles. The molecule has 0 saturated heterocycles. The number of Topliss-reactive ketones (excluding diaryl/α,β-unsaturated/α-hetero) is 1. The van der Waals surface area contributed by atoms with E-state index in [0.29, 0.717) is 23.1 Å². The number of esters is 1. The molecule has 3 aromatic carbocycles. The Bertz CT molecular complexity index is 1280. The van der Waals surface area contributed by atoms with Crippen molar-refractivity contribution < 1.29 is 23.1 Å². The van der Waals surface area contributed by atoms with Crippen molar-refractivity contribution in [2.24, 2.45) is 0 Å². The van der Waals surface area contributed by atoms with E-state index in [-0.39, 0.29) is 23.2 Å². The highest BCUT2D eigenvalue weighted by atomic mass is 32.2. The second-order valence-electron chi connectivity index (χ2n) is 10.5. The Morgan fingerprint density at radius 2 is 1.50 bits per heavy atom. The maximum Gasteiger partial charge on any atom is 0.337 e. The first-order valence-electron chi connectivity index (χ1n) is 14.1. The third kappa shape index (κ3) is 8.26. The molecule has 0 aliphatic carbocycles. The topological polar surface area (TPSA) is 43.4 Å². The Labute approximate surface area is 241 Å². The number of aryl methyl sites for hydroxylation is 2. The van der Waals surface area contributed by atoms with E-state index in [1.807, 2.05) is 45.0 Å². The van der Waals surface area contributed by atoms with E-state index in [4.69, 9.17) is 4.74 Å². The van der Waals surface area contributed by atoms with E-state index >= 15 is 8.78 Å². The van der Waals surface area contributed by atoms with Gasteiger partial charge in [0.2, 0.25) is 0 Å². The van der Waals surface area contributed by atoms with Gasteiger partial charge in [-0.3, -0.25) is 4.79 Å². The fourth-order valence-electron chi connectivity index (χ4n) is 4.92. The van der Waals surface area contributed by atoms with E-state index < -0.39 is 17.6 Å². The molecule has 0 aromatic heterocycles. The molecule has 0 aliphatic rings. The fourth-order valence-corrected chi connectivity index (χ4v) is 5.83. The Balaban J connectivity index is 1.75. The number of rotatable bonds is 14. The molecule has 0 radical (unpaired) electrons. The van der Waals surface area contributed by atoms with Crippen molar-refractivity contribution in [1.82, 2.24) is 0 Å². The molecular formula is C34H40F2O3S. The fraction of sp³-hybridized carbons (Fsp3) is 0.412. The highest BCUT2D eigenvalue weighted by Crippen LogP contribution is 2.34. The smallest absolute Gasteiger partial charge is 0.337 e. The summed E-state index contributed by atoms with van der Waals surface area (Å²) in [6.45, 7) is 7.87. The maximum atomic E-state index is 15.3. The molecule has 0 N–H and O–H groups in total. The van der Waals surface area contributed by atoms with E-state index in [2.05, 4.69) is 6.92 Å². The van der Waals surface area contributed by atoms with Crippen LogP contribution in [-0.2, 0) is 4.74 Å². The van der Waals surface area contributed by atoms with Crippen LogP contribution in [0.2, 0.25) is 0 Å². The molecule has 3 rings (SSSR count). The van der Waals surface area contributed by atoms with Crippen molar-refractivity contribution in [3.8, 4) is 0 Å². The average molecular weight is 567 g/mol. The largest absolute Gasteiger partial charge is 0.465 e. The zero-order valence-corrected chi connectivity index (χ0v) is 25.0. The number of carbonyl (C=O) groups excluding carboxylic acids is 2. The number of hydrogen-bond acceptors (Lipinski definition) is 4. The molecule has 0 saturated carbocycles. The number of ketones is 1. The molecule has 3 aromatic rings. The van der Waals surface area contributed by atoms with Crippen LogP contribution in [-0.4, -0.2) is 24.6 Å². The van der Waals surface area contributed by atoms with Gasteiger partial charge < -0.3 is 4.74 Å². The lowest BCUT2D eigenvalue weighted by Gasteiger charge is -2.20. The zero-order chi connectivity index (χ0) is 29.2. The molecule has 0 amide bonds. The Morgan fingerprint density at radius 1 is 0.850 bits per heavy atom. The Kier molecular flexibility index (Phi) is 11.9. The maximum absolute atomic E-state index is 15.3. The minimum Gasteiger partial charge on any atom is -0.465 e. The quantitative estimate of drug-likeness (QED) is 0.0843. The third-order valence-corrected chi connectivity index (χ3v) is 8.62. The zero-order valence-electron chi connectivity index (χ0n) is 24.2. The van der Waals surface area contributed by atoms with Gasteiger partial charge in [-0.1, -0.05) is 45.2 Å². The van der Waals surface area contributed by atoms with E-state index in [1.54, 1.807) is 30.0 Å². The van der Waals surface area contributed by atoms with Crippen LogP contribution in [0, 0.1) is 25.5 Å². The van der Waals surface area contributed by atoms with Gasteiger partial charge in [-0.25, -0.2) is 13.6 Å². The van der Waals surface area contributed by atoms with Crippen LogP contribution in [0.15, 0.2) is 59.5 Å². The van der Waals surface area contributed by atoms with Crippen molar-refractivity contribution in [2.45, 2.75) is 83.0 Å². The predicted molar refractivity (Wildman–Crippen MR) is 160 cm³/mol. The lowest BCUT2D eigenvalue weighted by atomic mass is 9.84. The Hall–Kier alpha value is -2.99.